The molecular weight excluding hydrogens is 433 g/mol. The number of hydrogen-bond acceptors (Lipinski definition) is 6. The van der Waals surface area contributed by atoms with E-state index < -0.39 is 0 Å². The first-order chi connectivity index (χ1) is 15.0. The maximum Gasteiger partial charge on any atom is 0.236 e. The molecule has 1 N–H and O–H groups in total. The van der Waals surface area contributed by atoms with Gasteiger partial charge in [0, 0.05) is 11.1 Å². The van der Waals surface area contributed by atoms with Crippen LogP contribution in [0.1, 0.15) is 25.5 Å². The Bertz CT molecular complexity index is 1190. The summed E-state index contributed by atoms with van der Waals surface area (Å²) in [6.45, 7) is 4.11. The summed E-state index contributed by atoms with van der Waals surface area (Å²) in [4.78, 5) is 16.9. The van der Waals surface area contributed by atoms with Gasteiger partial charge in [-0.15, -0.1) is 21.5 Å². The molecule has 2 heterocycles. The third-order valence-electron chi connectivity index (χ3n) is 4.45. The van der Waals surface area contributed by atoms with E-state index in [-0.39, 0.29) is 17.5 Å². The van der Waals surface area contributed by atoms with E-state index in [0.717, 1.165) is 11.4 Å². The molecule has 0 saturated carbocycles. The molecule has 0 fully saturated rings. The fraction of sp³-hybridized carbons (Fsp3) is 0.182. The molecule has 4 rings (SSSR count). The van der Waals surface area contributed by atoms with Crippen LogP contribution in [-0.2, 0) is 4.79 Å². The maximum atomic E-state index is 14.4. The lowest BCUT2D eigenvalue weighted by Crippen LogP contribution is -2.14. The number of aromatic nitrogens is 4. The minimum atomic E-state index is -0.383. The van der Waals surface area contributed by atoms with E-state index in [2.05, 4.69) is 34.3 Å². The first-order valence-corrected chi connectivity index (χ1v) is 11.5. The van der Waals surface area contributed by atoms with Gasteiger partial charge in [-0.25, -0.2) is 9.37 Å². The zero-order valence-corrected chi connectivity index (χ0v) is 18.6. The summed E-state index contributed by atoms with van der Waals surface area (Å²) in [5.41, 5.74) is 2.08. The second-order valence-corrected chi connectivity index (χ2v) is 8.83. The van der Waals surface area contributed by atoms with E-state index in [0.29, 0.717) is 27.6 Å². The van der Waals surface area contributed by atoms with Crippen molar-refractivity contribution in [3.63, 3.8) is 0 Å². The van der Waals surface area contributed by atoms with Crippen LogP contribution in [0.25, 0.3) is 17.1 Å². The predicted molar refractivity (Wildman–Crippen MR) is 122 cm³/mol. The molecular formula is C22H20FN5OS2. The summed E-state index contributed by atoms with van der Waals surface area (Å²) >= 11 is 2.64. The molecule has 0 unspecified atom stereocenters. The van der Waals surface area contributed by atoms with Crippen LogP contribution in [0.15, 0.2) is 65.1 Å². The van der Waals surface area contributed by atoms with Crippen LogP contribution in [-0.4, -0.2) is 31.4 Å². The van der Waals surface area contributed by atoms with E-state index in [1.165, 1.54) is 29.2 Å². The fourth-order valence-corrected chi connectivity index (χ4v) is 4.52. The Morgan fingerprint density at radius 1 is 1.13 bits per heavy atom. The Morgan fingerprint density at radius 2 is 1.87 bits per heavy atom. The van der Waals surface area contributed by atoms with E-state index in [9.17, 15) is 9.18 Å². The first kappa shape index (κ1) is 21.2. The smallest absolute Gasteiger partial charge is 0.236 e. The SMILES string of the molecule is CC(C)c1csc(NC(=O)CSc2nnc(-c3ccccc3F)n2-c2ccccc2)n1. The summed E-state index contributed by atoms with van der Waals surface area (Å²) in [6.07, 6.45) is 0. The van der Waals surface area contributed by atoms with Gasteiger partial charge < -0.3 is 5.32 Å². The molecule has 0 bridgehead atoms. The topological polar surface area (TPSA) is 72.7 Å². The maximum absolute atomic E-state index is 14.4. The van der Waals surface area contributed by atoms with Gasteiger partial charge in [0.2, 0.25) is 5.91 Å². The van der Waals surface area contributed by atoms with Gasteiger partial charge in [0.15, 0.2) is 16.1 Å². The number of anilines is 1. The molecule has 1 amide bonds. The van der Waals surface area contributed by atoms with Gasteiger partial charge in [0.1, 0.15) is 5.82 Å². The van der Waals surface area contributed by atoms with Gasteiger partial charge in [-0.1, -0.05) is 55.9 Å². The van der Waals surface area contributed by atoms with Gasteiger partial charge >= 0.3 is 0 Å². The molecule has 0 spiro atoms. The van der Waals surface area contributed by atoms with E-state index in [1.54, 1.807) is 22.8 Å². The molecule has 0 saturated heterocycles. The highest BCUT2D eigenvalue weighted by molar-refractivity contribution is 7.99. The minimum absolute atomic E-state index is 0.124. The van der Waals surface area contributed by atoms with E-state index in [4.69, 9.17) is 0 Å². The van der Waals surface area contributed by atoms with Crippen molar-refractivity contribution < 1.29 is 9.18 Å². The lowest BCUT2D eigenvalue weighted by Gasteiger charge is -2.10. The van der Waals surface area contributed by atoms with Gasteiger partial charge in [-0.05, 0) is 30.2 Å². The number of para-hydroxylation sites is 1. The van der Waals surface area contributed by atoms with Crippen molar-refractivity contribution in [3.8, 4) is 17.1 Å². The number of rotatable bonds is 7. The molecule has 0 atom stereocenters. The molecule has 2 aromatic carbocycles. The summed E-state index contributed by atoms with van der Waals surface area (Å²) in [6, 6.07) is 15.9. The van der Waals surface area contributed by atoms with Crippen molar-refractivity contribution in [2.45, 2.75) is 24.9 Å². The van der Waals surface area contributed by atoms with Crippen molar-refractivity contribution >= 4 is 34.1 Å². The summed E-state index contributed by atoms with van der Waals surface area (Å²) in [5, 5.41) is 14.3. The minimum Gasteiger partial charge on any atom is -0.301 e. The van der Waals surface area contributed by atoms with Crippen LogP contribution in [0.5, 0.6) is 0 Å². The molecule has 0 aliphatic carbocycles. The molecule has 2 aromatic heterocycles. The number of amides is 1. The lowest BCUT2D eigenvalue weighted by atomic mass is 10.2. The Balaban J connectivity index is 1.57. The molecule has 4 aromatic rings. The van der Waals surface area contributed by atoms with Crippen LogP contribution < -0.4 is 5.32 Å². The van der Waals surface area contributed by atoms with Gasteiger partial charge in [-0.2, -0.15) is 0 Å². The number of nitrogens with one attached hydrogen (secondary N) is 1. The zero-order valence-electron chi connectivity index (χ0n) is 16.9. The third kappa shape index (κ3) is 4.83. The average Bonchev–Trinajstić information content (AvgIpc) is 3.40. The largest absolute Gasteiger partial charge is 0.301 e. The number of thioether (sulfide) groups is 1. The van der Waals surface area contributed by atoms with Crippen molar-refractivity contribution in [2.24, 2.45) is 0 Å². The van der Waals surface area contributed by atoms with Gasteiger partial charge in [0.05, 0.1) is 17.0 Å². The fourth-order valence-electron chi connectivity index (χ4n) is 2.88. The molecule has 9 heteroatoms. The molecule has 158 valence electrons. The van der Waals surface area contributed by atoms with Crippen LogP contribution in [0.2, 0.25) is 0 Å². The molecule has 31 heavy (non-hydrogen) atoms. The van der Waals surface area contributed by atoms with Gasteiger partial charge in [0.25, 0.3) is 0 Å². The lowest BCUT2D eigenvalue weighted by molar-refractivity contribution is -0.113. The molecule has 0 aliphatic heterocycles. The Hall–Kier alpha value is -3.04. The molecule has 0 aliphatic rings. The Labute approximate surface area is 187 Å². The van der Waals surface area contributed by atoms with Crippen LogP contribution >= 0.6 is 23.1 Å². The second kappa shape index (κ2) is 9.40. The second-order valence-electron chi connectivity index (χ2n) is 7.03. The number of nitrogens with zero attached hydrogens (tertiary/aromatic N) is 4. The van der Waals surface area contributed by atoms with Crippen molar-refractivity contribution in [3.05, 3.63) is 71.5 Å². The highest BCUT2D eigenvalue weighted by Crippen LogP contribution is 2.29. The first-order valence-electron chi connectivity index (χ1n) is 9.66. The summed E-state index contributed by atoms with van der Waals surface area (Å²) in [5.74, 6) is 0.237. The monoisotopic (exact) mass is 453 g/mol. The number of hydrogen-bond donors (Lipinski definition) is 1. The van der Waals surface area contributed by atoms with Crippen molar-refractivity contribution in [2.75, 3.05) is 11.1 Å². The van der Waals surface area contributed by atoms with Crippen molar-refractivity contribution in [1.82, 2.24) is 19.7 Å². The number of thiazole rings is 1. The van der Waals surface area contributed by atoms with Gasteiger partial charge in [-0.3, -0.25) is 9.36 Å². The highest BCUT2D eigenvalue weighted by atomic mass is 32.2. The van der Waals surface area contributed by atoms with Crippen LogP contribution in [0.4, 0.5) is 9.52 Å². The number of carbonyl (C=O) groups excluding carboxylic acids is 1. The summed E-state index contributed by atoms with van der Waals surface area (Å²) in [7, 11) is 0. The molecule has 0 radical (unpaired) electrons. The Morgan fingerprint density at radius 3 is 2.58 bits per heavy atom. The normalized spacial score (nSPS) is 11.1. The summed E-state index contributed by atoms with van der Waals surface area (Å²) < 4.78 is 16.2. The average molecular weight is 454 g/mol. The number of halogens is 1. The number of benzene rings is 2. The van der Waals surface area contributed by atoms with Crippen LogP contribution in [0.3, 0.4) is 0 Å². The van der Waals surface area contributed by atoms with E-state index >= 15 is 0 Å². The van der Waals surface area contributed by atoms with E-state index in [1.807, 2.05) is 35.7 Å². The quantitative estimate of drug-likeness (QED) is 0.380. The molecule has 6 nitrogen and oxygen atoms in total. The van der Waals surface area contributed by atoms with Crippen molar-refractivity contribution in [1.29, 1.82) is 0 Å². The standard InChI is InChI=1S/C22H20FN5OS2/c1-14(2)18-12-30-21(24-18)25-19(29)13-31-22-27-26-20(16-10-6-7-11-17(16)23)28(22)15-8-4-3-5-9-15/h3-12,14H,13H2,1-2H3,(H,24,25,29). The number of carbonyl (C=O) groups is 1. The third-order valence-corrected chi connectivity index (χ3v) is 6.16. The predicted octanol–water partition coefficient (Wildman–Crippen LogP) is 5.38. The Kier molecular flexibility index (Phi) is 6.43. The van der Waals surface area contributed by atoms with Crippen LogP contribution in [0, 0.1) is 5.82 Å². The zero-order chi connectivity index (χ0) is 21.8. The highest BCUT2D eigenvalue weighted by Gasteiger charge is 2.19.